The van der Waals surface area contributed by atoms with Gasteiger partial charge >= 0.3 is 5.97 Å². The molecule has 110 valence electrons. The van der Waals surface area contributed by atoms with E-state index in [9.17, 15) is 4.79 Å². The quantitative estimate of drug-likeness (QED) is 0.691. The van der Waals surface area contributed by atoms with Crippen LogP contribution in [0.2, 0.25) is 0 Å². The summed E-state index contributed by atoms with van der Waals surface area (Å²) in [4.78, 5) is 17.9. The summed E-state index contributed by atoms with van der Waals surface area (Å²) in [6, 6.07) is 11.2. The molecule has 2 aromatic rings. The summed E-state index contributed by atoms with van der Waals surface area (Å²) < 4.78 is 4.73. The lowest BCUT2D eigenvalue weighted by Gasteiger charge is -2.26. The summed E-state index contributed by atoms with van der Waals surface area (Å²) in [7, 11) is 3.29. The van der Waals surface area contributed by atoms with Crippen LogP contribution in [0.25, 0.3) is 0 Å². The molecule has 0 saturated heterocycles. The summed E-state index contributed by atoms with van der Waals surface area (Å²) >= 11 is 0. The van der Waals surface area contributed by atoms with Crippen LogP contribution in [0, 0.1) is 0 Å². The van der Waals surface area contributed by atoms with Gasteiger partial charge in [-0.25, -0.2) is 9.78 Å². The molecule has 0 aliphatic carbocycles. The van der Waals surface area contributed by atoms with Gasteiger partial charge in [0.1, 0.15) is 5.82 Å². The molecule has 1 aromatic carbocycles. The van der Waals surface area contributed by atoms with Crippen LogP contribution in [0.4, 0.5) is 11.5 Å². The first kappa shape index (κ1) is 14.8. The van der Waals surface area contributed by atoms with E-state index in [1.165, 1.54) is 7.11 Å². The van der Waals surface area contributed by atoms with Crippen LogP contribution in [-0.4, -0.2) is 25.1 Å². The van der Waals surface area contributed by atoms with E-state index in [-0.39, 0.29) is 12.0 Å². The molecule has 1 atom stereocenters. The lowest BCUT2D eigenvalue weighted by molar-refractivity contribution is 0.0600. The lowest BCUT2D eigenvalue weighted by Crippen LogP contribution is -2.23. The minimum atomic E-state index is -0.372. The summed E-state index contributed by atoms with van der Waals surface area (Å²) in [6.07, 6.45) is 1.60. The van der Waals surface area contributed by atoms with E-state index in [1.54, 1.807) is 18.3 Å². The topological polar surface area (TPSA) is 68.5 Å². The maximum absolute atomic E-state index is 11.6. The number of esters is 1. The highest BCUT2D eigenvalue weighted by Crippen LogP contribution is 2.25. The van der Waals surface area contributed by atoms with Gasteiger partial charge in [-0.1, -0.05) is 12.1 Å². The van der Waals surface area contributed by atoms with Crippen LogP contribution in [0.15, 0.2) is 42.6 Å². The number of benzene rings is 1. The maximum Gasteiger partial charge on any atom is 0.338 e. The number of nitrogens with two attached hydrogens (primary N) is 1. The van der Waals surface area contributed by atoms with Gasteiger partial charge in [-0.2, -0.15) is 0 Å². The first-order valence-corrected chi connectivity index (χ1v) is 6.65. The molecule has 1 aromatic heterocycles. The number of methoxy groups -OCH3 is 1. The molecule has 0 spiro atoms. The van der Waals surface area contributed by atoms with Crippen molar-refractivity contribution in [3.05, 3.63) is 53.7 Å². The zero-order valence-electron chi connectivity index (χ0n) is 12.4. The van der Waals surface area contributed by atoms with Gasteiger partial charge in [-0.15, -0.1) is 0 Å². The standard InChI is InChI=1S/C16H19N3O2/c1-11(12-5-4-6-14(17)9-12)19(2)15-10-13(7-8-18-15)16(20)21-3/h4-11H,17H2,1-3H3. The number of nitrogens with zero attached hydrogens (tertiary/aromatic N) is 2. The number of anilines is 2. The first-order valence-electron chi connectivity index (χ1n) is 6.65. The Labute approximate surface area is 124 Å². The third-order valence-corrected chi connectivity index (χ3v) is 3.50. The van der Waals surface area contributed by atoms with Crippen LogP contribution in [0.5, 0.6) is 0 Å². The van der Waals surface area contributed by atoms with E-state index in [0.29, 0.717) is 11.4 Å². The Morgan fingerprint density at radius 1 is 1.33 bits per heavy atom. The zero-order valence-corrected chi connectivity index (χ0v) is 12.4. The molecule has 0 bridgehead atoms. The highest BCUT2D eigenvalue weighted by atomic mass is 16.5. The van der Waals surface area contributed by atoms with E-state index in [0.717, 1.165) is 11.3 Å². The van der Waals surface area contributed by atoms with E-state index in [1.807, 2.05) is 36.2 Å². The fourth-order valence-electron chi connectivity index (χ4n) is 2.10. The highest BCUT2D eigenvalue weighted by molar-refractivity contribution is 5.90. The third-order valence-electron chi connectivity index (χ3n) is 3.50. The molecule has 0 amide bonds. The van der Waals surface area contributed by atoms with Crippen molar-refractivity contribution in [1.29, 1.82) is 0 Å². The molecule has 0 fully saturated rings. The Morgan fingerprint density at radius 2 is 2.10 bits per heavy atom. The summed E-state index contributed by atoms with van der Waals surface area (Å²) in [5.41, 5.74) is 8.11. The Kier molecular flexibility index (Phi) is 4.42. The Morgan fingerprint density at radius 3 is 2.76 bits per heavy atom. The average Bonchev–Trinajstić information content (AvgIpc) is 2.52. The van der Waals surface area contributed by atoms with Crippen LogP contribution >= 0.6 is 0 Å². The van der Waals surface area contributed by atoms with Gasteiger partial charge in [0.25, 0.3) is 0 Å². The van der Waals surface area contributed by atoms with Gasteiger partial charge in [0.05, 0.1) is 18.7 Å². The Bertz CT molecular complexity index is 643. The molecular formula is C16H19N3O2. The van der Waals surface area contributed by atoms with Crippen molar-refractivity contribution in [2.75, 3.05) is 24.8 Å². The minimum absolute atomic E-state index is 0.0777. The largest absolute Gasteiger partial charge is 0.465 e. The molecule has 2 rings (SSSR count). The first-order chi connectivity index (χ1) is 10.0. The third kappa shape index (κ3) is 3.31. The van der Waals surface area contributed by atoms with Gasteiger partial charge in [0.2, 0.25) is 0 Å². The summed E-state index contributed by atoms with van der Waals surface area (Å²) in [6.45, 7) is 2.06. The number of carbonyl (C=O) groups excluding carboxylic acids is 1. The average molecular weight is 285 g/mol. The molecular weight excluding hydrogens is 266 g/mol. The number of hydrogen-bond acceptors (Lipinski definition) is 5. The molecule has 21 heavy (non-hydrogen) atoms. The van der Waals surface area contributed by atoms with Crippen molar-refractivity contribution < 1.29 is 9.53 Å². The van der Waals surface area contributed by atoms with E-state index in [2.05, 4.69) is 11.9 Å². The second kappa shape index (κ2) is 6.26. The van der Waals surface area contributed by atoms with Gasteiger partial charge < -0.3 is 15.4 Å². The van der Waals surface area contributed by atoms with E-state index < -0.39 is 0 Å². The molecule has 1 unspecified atom stereocenters. The van der Waals surface area contributed by atoms with Gasteiger partial charge in [0, 0.05) is 18.9 Å². The monoisotopic (exact) mass is 285 g/mol. The number of ether oxygens (including phenoxy) is 1. The lowest BCUT2D eigenvalue weighted by atomic mass is 10.1. The van der Waals surface area contributed by atoms with E-state index >= 15 is 0 Å². The molecule has 5 nitrogen and oxygen atoms in total. The minimum Gasteiger partial charge on any atom is -0.465 e. The molecule has 0 aliphatic heterocycles. The van der Waals surface area contributed by atoms with Crippen molar-refractivity contribution in [1.82, 2.24) is 4.98 Å². The number of nitrogen functional groups attached to an aromatic ring is 1. The van der Waals surface area contributed by atoms with E-state index in [4.69, 9.17) is 10.5 Å². The number of hydrogen-bond donors (Lipinski definition) is 1. The molecule has 2 N–H and O–H groups in total. The fraction of sp³-hybridized carbons (Fsp3) is 0.250. The second-order valence-electron chi connectivity index (χ2n) is 4.85. The zero-order chi connectivity index (χ0) is 15.4. The van der Waals surface area contributed by atoms with Gasteiger partial charge in [0.15, 0.2) is 0 Å². The number of pyridine rings is 1. The second-order valence-corrected chi connectivity index (χ2v) is 4.85. The predicted molar refractivity (Wildman–Crippen MR) is 83.2 cm³/mol. The summed E-state index contributed by atoms with van der Waals surface area (Å²) in [5, 5.41) is 0. The Hall–Kier alpha value is -2.56. The molecule has 5 heteroatoms. The molecule has 0 aliphatic rings. The number of aromatic nitrogens is 1. The smallest absolute Gasteiger partial charge is 0.338 e. The van der Waals surface area contributed by atoms with Crippen molar-refractivity contribution >= 4 is 17.5 Å². The molecule has 0 radical (unpaired) electrons. The fourth-order valence-corrected chi connectivity index (χ4v) is 2.10. The van der Waals surface area contributed by atoms with Crippen molar-refractivity contribution in [3.63, 3.8) is 0 Å². The predicted octanol–water partition coefficient (Wildman–Crippen LogP) is 2.65. The van der Waals surface area contributed by atoms with Gasteiger partial charge in [-0.05, 0) is 36.8 Å². The molecule has 0 saturated carbocycles. The normalized spacial score (nSPS) is 11.8. The highest BCUT2D eigenvalue weighted by Gasteiger charge is 2.15. The SMILES string of the molecule is COC(=O)c1ccnc(N(C)C(C)c2cccc(N)c2)c1. The van der Waals surface area contributed by atoms with Crippen molar-refractivity contribution in [3.8, 4) is 0 Å². The van der Waals surface area contributed by atoms with Crippen LogP contribution in [-0.2, 0) is 4.74 Å². The Balaban J connectivity index is 2.27. The number of rotatable bonds is 4. The van der Waals surface area contributed by atoms with Crippen LogP contribution < -0.4 is 10.6 Å². The maximum atomic E-state index is 11.6. The number of carbonyl (C=O) groups is 1. The van der Waals surface area contributed by atoms with Crippen molar-refractivity contribution in [2.24, 2.45) is 0 Å². The van der Waals surface area contributed by atoms with Gasteiger partial charge in [-0.3, -0.25) is 0 Å². The summed E-state index contributed by atoms with van der Waals surface area (Å²) in [5.74, 6) is 0.330. The van der Waals surface area contributed by atoms with Crippen LogP contribution in [0.3, 0.4) is 0 Å². The van der Waals surface area contributed by atoms with Crippen LogP contribution in [0.1, 0.15) is 28.9 Å². The van der Waals surface area contributed by atoms with Crippen molar-refractivity contribution in [2.45, 2.75) is 13.0 Å². The molecule has 1 heterocycles.